The summed E-state index contributed by atoms with van der Waals surface area (Å²) in [4.78, 5) is 14.7. The van der Waals surface area contributed by atoms with Gasteiger partial charge in [-0.3, -0.25) is 4.79 Å². The molecule has 3 nitrogen and oxygen atoms in total. The van der Waals surface area contributed by atoms with Crippen LogP contribution >= 0.6 is 0 Å². The Labute approximate surface area is 112 Å². The van der Waals surface area contributed by atoms with Crippen LogP contribution in [0, 0.1) is 5.92 Å². The van der Waals surface area contributed by atoms with E-state index in [1.165, 1.54) is 12.8 Å². The van der Waals surface area contributed by atoms with Gasteiger partial charge in [-0.2, -0.15) is 0 Å². The Balaban J connectivity index is 2.52. The Hall–Kier alpha value is -0.570. The summed E-state index contributed by atoms with van der Waals surface area (Å²) in [5.41, 5.74) is 0. The second kappa shape index (κ2) is 7.78. The van der Waals surface area contributed by atoms with Crippen LogP contribution < -0.4 is 5.32 Å². The molecule has 3 heteroatoms. The molecule has 0 saturated carbocycles. The van der Waals surface area contributed by atoms with E-state index in [0.717, 1.165) is 32.4 Å². The van der Waals surface area contributed by atoms with Gasteiger partial charge in [0.2, 0.25) is 5.91 Å². The van der Waals surface area contributed by atoms with E-state index in [9.17, 15) is 4.79 Å². The fourth-order valence-corrected chi connectivity index (χ4v) is 2.75. The number of piperidine rings is 1. The molecule has 1 saturated heterocycles. The third kappa shape index (κ3) is 4.60. The SMILES string of the molecule is CCCCCN(C(=O)[C@H]1CCN[C@@H](C)C1)C(C)C. The number of amides is 1. The largest absolute Gasteiger partial charge is 0.340 e. The molecule has 0 spiro atoms. The lowest BCUT2D eigenvalue weighted by Crippen LogP contribution is -2.46. The second-order valence-electron chi connectivity index (χ2n) is 5.91. The monoisotopic (exact) mass is 254 g/mol. The molecule has 1 N–H and O–H groups in total. The molecule has 0 radical (unpaired) electrons. The highest BCUT2D eigenvalue weighted by molar-refractivity contribution is 5.79. The summed E-state index contributed by atoms with van der Waals surface area (Å²) in [6.45, 7) is 10.6. The van der Waals surface area contributed by atoms with Gasteiger partial charge in [-0.15, -0.1) is 0 Å². The minimum absolute atomic E-state index is 0.241. The quantitative estimate of drug-likeness (QED) is 0.739. The number of carbonyl (C=O) groups is 1. The molecule has 2 atom stereocenters. The first kappa shape index (κ1) is 15.5. The van der Waals surface area contributed by atoms with Crippen LogP contribution in [0.25, 0.3) is 0 Å². The summed E-state index contributed by atoms with van der Waals surface area (Å²) in [5, 5.41) is 3.42. The van der Waals surface area contributed by atoms with Crippen molar-refractivity contribution in [2.75, 3.05) is 13.1 Å². The lowest BCUT2D eigenvalue weighted by atomic mass is 9.91. The van der Waals surface area contributed by atoms with Crippen LogP contribution in [0.1, 0.15) is 59.8 Å². The lowest BCUT2D eigenvalue weighted by Gasteiger charge is -2.34. The molecule has 106 valence electrons. The Morgan fingerprint density at radius 3 is 2.67 bits per heavy atom. The minimum atomic E-state index is 0.241. The maximum Gasteiger partial charge on any atom is 0.226 e. The Morgan fingerprint density at radius 1 is 1.39 bits per heavy atom. The van der Waals surface area contributed by atoms with Crippen LogP contribution in [0.4, 0.5) is 0 Å². The van der Waals surface area contributed by atoms with Crippen molar-refractivity contribution in [3.05, 3.63) is 0 Å². The van der Waals surface area contributed by atoms with Gasteiger partial charge in [-0.25, -0.2) is 0 Å². The highest BCUT2D eigenvalue weighted by Gasteiger charge is 2.29. The van der Waals surface area contributed by atoms with Crippen molar-refractivity contribution in [1.82, 2.24) is 10.2 Å². The molecule has 0 unspecified atom stereocenters. The maximum absolute atomic E-state index is 12.6. The highest BCUT2D eigenvalue weighted by Crippen LogP contribution is 2.20. The number of carbonyl (C=O) groups excluding carboxylic acids is 1. The Bertz CT molecular complexity index is 253. The molecule has 18 heavy (non-hydrogen) atoms. The van der Waals surface area contributed by atoms with Gasteiger partial charge in [-0.05, 0) is 46.6 Å². The molecular formula is C15H30N2O. The van der Waals surface area contributed by atoms with E-state index in [4.69, 9.17) is 0 Å². The van der Waals surface area contributed by atoms with E-state index in [1.807, 2.05) is 0 Å². The van der Waals surface area contributed by atoms with Crippen molar-refractivity contribution in [2.24, 2.45) is 5.92 Å². The predicted molar refractivity (Wildman–Crippen MR) is 76.6 cm³/mol. The van der Waals surface area contributed by atoms with E-state index in [0.29, 0.717) is 18.0 Å². The van der Waals surface area contributed by atoms with E-state index in [-0.39, 0.29) is 5.92 Å². The molecule has 1 fully saturated rings. The number of hydrogen-bond acceptors (Lipinski definition) is 2. The highest BCUT2D eigenvalue weighted by atomic mass is 16.2. The smallest absolute Gasteiger partial charge is 0.226 e. The van der Waals surface area contributed by atoms with Crippen molar-refractivity contribution in [3.63, 3.8) is 0 Å². The van der Waals surface area contributed by atoms with Crippen LogP contribution in [0.15, 0.2) is 0 Å². The van der Waals surface area contributed by atoms with Crippen molar-refractivity contribution >= 4 is 5.91 Å². The maximum atomic E-state index is 12.6. The molecular weight excluding hydrogens is 224 g/mol. The average molecular weight is 254 g/mol. The van der Waals surface area contributed by atoms with Crippen LogP contribution in [0.2, 0.25) is 0 Å². The van der Waals surface area contributed by atoms with Gasteiger partial charge in [0, 0.05) is 24.5 Å². The summed E-state index contributed by atoms with van der Waals surface area (Å²) < 4.78 is 0. The van der Waals surface area contributed by atoms with Gasteiger partial charge in [0.25, 0.3) is 0 Å². The van der Waals surface area contributed by atoms with Crippen molar-refractivity contribution in [3.8, 4) is 0 Å². The van der Waals surface area contributed by atoms with E-state index in [1.54, 1.807) is 0 Å². The number of nitrogens with zero attached hydrogens (tertiary/aromatic N) is 1. The van der Waals surface area contributed by atoms with E-state index >= 15 is 0 Å². The first-order chi connectivity index (χ1) is 8.56. The molecule has 1 heterocycles. The number of nitrogens with one attached hydrogen (secondary N) is 1. The lowest BCUT2D eigenvalue weighted by molar-refractivity contribution is -0.138. The summed E-state index contributed by atoms with van der Waals surface area (Å²) >= 11 is 0. The normalized spacial score (nSPS) is 24.3. The topological polar surface area (TPSA) is 32.3 Å². The average Bonchev–Trinajstić information content (AvgIpc) is 2.33. The van der Waals surface area contributed by atoms with E-state index in [2.05, 4.69) is 37.9 Å². The first-order valence-electron chi connectivity index (χ1n) is 7.60. The van der Waals surface area contributed by atoms with Gasteiger partial charge in [-0.1, -0.05) is 19.8 Å². The zero-order valence-corrected chi connectivity index (χ0v) is 12.5. The molecule has 0 aromatic carbocycles. The summed E-state index contributed by atoms with van der Waals surface area (Å²) in [5.74, 6) is 0.625. The van der Waals surface area contributed by atoms with Gasteiger partial charge in [0.05, 0.1) is 0 Å². The van der Waals surface area contributed by atoms with Crippen LogP contribution in [-0.4, -0.2) is 36.0 Å². The molecule has 1 rings (SSSR count). The van der Waals surface area contributed by atoms with Crippen molar-refractivity contribution in [1.29, 1.82) is 0 Å². The molecule has 0 aromatic rings. The Morgan fingerprint density at radius 2 is 2.11 bits per heavy atom. The van der Waals surface area contributed by atoms with Crippen molar-refractivity contribution in [2.45, 2.75) is 71.9 Å². The molecule has 1 amide bonds. The minimum Gasteiger partial charge on any atom is -0.340 e. The third-order valence-corrected chi connectivity index (χ3v) is 3.88. The molecule has 0 bridgehead atoms. The fourth-order valence-electron chi connectivity index (χ4n) is 2.75. The second-order valence-corrected chi connectivity index (χ2v) is 5.91. The van der Waals surface area contributed by atoms with Crippen LogP contribution in [-0.2, 0) is 4.79 Å². The van der Waals surface area contributed by atoms with E-state index < -0.39 is 0 Å². The number of hydrogen-bond donors (Lipinski definition) is 1. The molecule has 0 aromatic heterocycles. The standard InChI is InChI=1S/C15H30N2O/c1-5-6-7-10-17(12(2)3)15(18)14-8-9-16-13(4)11-14/h12-14,16H,5-11H2,1-4H3/t13-,14-/m0/s1. The predicted octanol–water partition coefficient (Wildman–Crippen LogP) is 2.80. The zero-order chi connectivity index (χ0) is 13.5. The number of unbranched alkanes of at least 4 members (excludes halogenated alkanes) is 2. The van der Waals surface area contributed by atoms with Crippen molar-refractivity contribution < 1.29 is 4.79 Å². The first-order valence-corrected chi connectivity index (χ1v) is 7.60. The van der Waals surface area contributed by atoms with Crippen LogP contribution in [0.5, 0.6) is 0 Å². The molecule has 0 aliphatic carbocycles. The summed E-state index contributed by atoms with van der Waals surface area (Å²) in [6, 6.07) is 0.817. The summed E-state index contributed by atoms with van der Waals surface area (Å²) in [6.07, 6.45) is 5.57. The Kier molecular flexibility index (Phi) is 6.69. The third-order valence-electron chi connectivity index (χ3n) is 3.88. The fraction of sp³-hybridized carbons (Fsp3) is 0.933. The van der Waals surface area contributed by atoms with Gasteiger partial charge >= 0.3 is 0 Å². The molecule has 1 aliphatic heterocycles. The zero-order valence-electron chi connectivity index (χ0n) is 12.5. The number of rotatable bonds is 6. The van der Waals surface area contributed by atoms with Crippen LogP contribution in [0.3, 0.4) is 0 Å². The van der Waals surface area contributed by atoms with Gasteiger partial charge in [0.15, 0.2) is 0 Å². The van der Waals surface area contributed by atoms with Gasteiger partial charge in [0.1, 0.15) is 0 Å². The van der Waals surface area contributed by atoms with Gasteiger partial charge < -0.3 is 10.2 Å². The molecule has 1 aliphatic rings. The summed E-state index contributed by atoms with van der Waals surface area (Å²) in [7, 11) is 0.